The van der Waals surface area contributed by atoms with Gasteiger partial charge in [0, 0.05) is 12.8 Å². The molecule has 0 bridgehead atoms. The lowest BCUT2D eigenvalue weighted by molar-refractivity contribution is -0.298. The Bertz CT molecular complexity index is 1090. The maximum absolute atomic E-state index is 12.7. The molecule has 54 heavy (non-hydrogen) atoms. The fourth-order valence-electron chi connectivity index (χ4n) is 5.89. The molecule has 11 nitrogen and oxygen atoms in total. The van der Waals surface area contributed by atoms with E-state index in [1.807, 2.05) is 0 Å². The lowest BCUT2D eigenvalue weighted by atomic mass is 9.99. The fraction of sp³-hybridized carbons (Fsp3) is 0.744. The van der Waals surface area contributed by atoms with Crippen molar-refractivity contribution in [3.63, 3.8) is 0 Å². The number of allylic oxidation sites excluding steroid dienone is 8. The minimum absolute atomic E-state index is 0.167. The van der Waals surface area contributed by atoms with Crippen molar-refractivity contribution in [1.29, 1.82) is 0 Å². The number of aliphatic carboxylic acids is 1. The maximum Gasteiger partial charge on any atom is 0.335 e. The number of carboxylic acids is 1. The molecule has 0 aromatic rings. The Labute approximate surface area is 324 Å². The highest BCUT2D eigenvalue weighted by atomic mass is 16.7. The molecular formula is C43H72O11. The Morgan fingerprint density at radius 3 is 1.67 bits per heavy atom. The highest BCUT2D eigenvalue weighted by Crippen LogP contribution is 2.23. The summed E-state index contributed by atoms with van der Waals surface area (Å²) in [6.07, 6.45) is 28.8. The number of carbonyl (C=O) groups excluding carboxylic acids is 2. The third kappa shape index (κ3) is 25.3. The molecule has 0 aromatic carbocycles. The van der Waals surface area contributed by atoms with Gasteiger partial charge in [0.1, 0.15) is 24.9 Å². The van der Waals surface area contributed by atoms with Gasteiger partial charge in [-0.1, -0.05) is 120 Å². The summed E-state index contributed by atoms with van der Waals surface area (Å²) in [4.78, 5) is 36.7. The van der Waals surface area contributed by atoms with Crippen molar-refractivity contribution in [3.05, 3.63) is 48.6 Å². The van der Waals surface area contributed by atoms with E-state index in [0.717, 1.165) is 89.9 Å². The molecule has 4 N–H and O–H groups in total. The van der Waals surface area contributed by atoms with E-state index in [1.165, 1.54) is 25.7 Å². The topological polar surface area (TPSA) is 169 Å². The monoisotopic (exact) mass is 765 g/mol. The van der Waals surface area contributed by atoms with Gasteiger partial charge in [-0.05, 0) is 70.6 Å². The van der Waals surface area contributed by atoms with Gasteiger partial charge in [0.2, 0.25) is 0 Å². The van der Waals surface area contributed by atoms with Crippen molar-refractivity contribution in [3.8, 4) is 0 Å². The van der Waals surface area contributed by atoms with Crippen LogP contribution in [0.2, 0.25) is 0 Å². The minimum Gasteiger partial charge on any atom is -0.479 e. The Balaban J connectivity index is 2.43. The number of aliphatic hydroxyl groups is 3. The van der Waals surface area contributed by atoms with Gasteiger partial charge in [-0.2, -0.15) is 0 Å². The molecule has 0 aliphatic carbocycles. The van der Waals surface area contributed by atoms with Crippen molar-refractivity contribution in [2.75, 3.05) is 13.2 Å². The van der Waals surface area contributed by atoms with E-state index < -0.39 is 61.3 Å². The van der Waals surface area contributed by atoms with Crippen molar-refractivity contribution < 1.29 is 53.8 Å². The van der Waals surface area contributed by atoms with Crippen molar-refractivity contribution in [1.82, 2.24) is 0 Å². The second-order valence-corrected chi connectivity index (χ2v) is 14.1. The number of aliphatic hydroxyl groups excluding tert-OH is 3. The standard InChI is InChI=1S/C43H72O11/c1-3-5-7-9-11-13-15-17-18-20-21-23-25-27-29-31-36(44)51-33-35(34-52-43-40(48)38(46)39(47)41(54-43)42(49)50)53-37(45)32-30-28-26-24-22-19-16-14-12-10-8-6-4-2/h5,7,11,13-14,16-18,35,38-41,43,46-48H,3-4,6,8-10,12,15,19-34H2,1-2H3,(H,49,50)/b7-5-,13-11-,16-14-,18-17-. The molecule has 11 heteroatoms. The number of carbonyl (C=O) groups is 3. The molecule has 1 saturated heterocycles. The molecular weight excluding hydrogens is 692 g/mol. The Hall–Kier alpha value is -2.83. The van der Waals surface area contributed by atoms with Crippen LogP contribution in [-0.2, 0) is 33.3 Å². The lowest BCUT2D eigenvalue weighted by Gasteiger charge is -2.38. The lowest BCUT2D eigenvalue weighted by Crippen LogP contribution is -2.60. The summed E-state index contributed by atoms with van der Waals surface area (Å²) in [6.45, 7) is 3.64. The largest absolute Gasteiger partial charge is 0.479 e. The molecule has 6 unspecified atom stereocenters. The number of carboxylic acid groups (broad SMARTS) is 1. The van der Waals surface area contributed by atoms with Gasteiger partial charge in [-0.25, -0.2) is 4.79 Å². The van der Waals surface area contributed by atoms with Gasteiger partial charge < -0.3 is 39.4 Å². The second-order valence-electron chi connectivity index (χ2n) is 14.1. The van der Waals surface area contributed by atoms with Crippen LogP contribution >= 0.6 is 0 Å². The molecule has 0 radical (unpaired) electrons. The molecule has 1 aliphatic rings. The molecule has 1 heterocycles. The van der Waals surface area contributed by atoms with Crippen LogP contribution in [0.4, 0.5) is 0 Å². The zero-order chi connectivity index (χ0) is 39.7. The first kappa shape index (κ1) is 49.2. The average molecular weight is 765 g/mol. The SMILES string of the molecule is CC/C=C\C/C=C\C/C=C\CCCCCCCC(=O)OCC(COC1OC(C(=O)O)C(O)C(O)C1O)OC(=O)CCCCCCC/C=C\CCCCCC. The van der Waals surface area contributed by atoms with Crippen molar-refractivity contribution in [2.45, 2.75) is 192 Å². The molecule has 6 atom stereocenters. The van der Waals surface area contributed by atoms with Crippen LogP contribution in [-0.4, -0.2) is 88.4 Å². The van der Waals surface area contributed by atoms with Gasteiger partial charge in [0.25, 0.3) is 0 Å². The smallest absolute Gasteiger partial charge is 0.335 e. The summed E-state index contributed by atoms with van der Waals surface area (Å²) in [6, 6.07) is 0. The fourth-order valence-corrected chi connectivity index (χ4v) is 5.89. The van der Waals surface area contributed by atoms with Gasteiger partial charge in [0.15, 0.2) is 18.5 Å². The first-order chi connectivity index (χ1) is 26.2. The molecule has 310 valence electrons. The van der Waals surface area contributed by atoms with Crippen LogP contribution in [0.25, 0.3) is 0 Å². The third-order valence-electron chi connectivity index (χ3n) is 9.16. The van der Waals surface area contributed by atoms with E-state index in [9.17, 15) is 34.8 Å². The van der Waals surface area contributed by atoms with Crippen LogP contribution in [0.15, 0.2) is 48.6 Å². The van der Waals surface area contributed by atoms with E-state index in [4.69, 9.17) is 18.9 Å². The van der Waals surface area contributed by atoms with Crippen molar-refractivity contribution >= 4 is 17.9 Å². The number of hydrogen-bond acceptors (Lipinski definition) is 10. The number of hydrogen-bond donors (Lipinski definition) is 4. The van der Waals surface area contributed by atoms with Gasteiger partial charge in [-0.15, -0.1) is 0 Å². The summed E-state index contributed by atoms with van der Waals surface area (Å²) >= 11 is 0. The average Bonchev–Trinajstić information content (AvgIpc) is 3.15. The number of esters is 2. The number of ether oxygens (including phenoxy) is 4. The summed E-state index contributed by atoms with van der Waals surface area (Å²) in [5.74, 6) is -2.48. The molecule has 1 aliphatic heterocycles. The molecule has 0 aromatic heterocycles. The number of rotatable bonds is 33. The quantitative estimate of drug-likeness (QED) is 0.0289. The first-order valence-corrected chi connectivity index (χ1v) is 20.7. The predicted octanol–water partition coefficient (Wildman–Crippen LogP) is 8.20. The van der Waals surface area contributed by atoms with E-state index in [2.05, 4.69) is 62.5 Å². The van der Waals surface area contributed by atoms with Gasteiger partial charge in [0.05, 0.1) is 6.61 Å². The highest BCUT2D eigenvalue weighted by Gasteiger charge is 2.47. The van der Waals surface area contributed by atoms with Gasteiger partial charge in [-0.3, -0.25) is 9.59 Å². The van der Waals surface area contributed by atoms with Crippen molar-refractivity contribution in [2.24, 2.45) is 0 Å². The van der Waals surface area contributed by atoms with Gasteiger partial charge >= 0.3 is 17.9 Å². The zero-order valence-electron chi connectivity index (χ0n) is 33.2. The maximum atomic E-state index is 12.7. The number of unbranched alkanes of at least 4 members (excludes halogenated alkanes) is 14. The van der Waals surface area contributed by atoms with E-state index in [0.29, 0.717) is 12.8 Å². The Morgan fingerprint density at radius 1 is 0.593 bits per heavy atom. The summed E-state index contributed by atoms with van der Waals surface area (Å²) < 4.78 is 21.6. The molecule has 1 fully saturated rings. The van der Waals surface area contributed by atoms with Crippen LogP contribution in [0, 0.1) is 0 Å². The first-order valence-electron chi connectivity index (χ1n) is 20.7. The van der Waals surface area contributed by atoms with Crippen LogP contribution in [0.5, 0.6) is 0 Å². The van der Waals surface area contributed by atoms with Crippen LogP contribution in [0.3, 0.4) is 0 Å². The Morgan fingerprint density at radius 2 is 1.09 bits per heavy atom. The van der Waals surface area contributed by atoms with E-state index in [-0.39, 0.29) is 19.4 Å². The molecule has 0 amide bonds. The minimum atomic E-state index is -1.86. The molecule has 0 saturated carbocycles. The summed E-state index contributed by atoms with van der Waals surface area (Å²) in [7, 11) is 0. The normalized spacial score (nSPS) is 21.1. The summed E-state index contributed by atoms with van der Waals surface area (Å²) in [5, 5.41) is 39.7. The molecule has 0 spiro atoms. The van der Waals surface area contributed by atoms with Crippen LogP contribution in [0.1, 0.15) is 155 Å². The third-order valence-corrected chi connectivity index (χ3v) is 9.16. The van der Waals surface area contributed by atoms with Crippen LogP contribution < -0.4 is 0 Å². The van der Waals surface area contributed by atoms with E-state index in [1.54, 1.807) is 0 Å². The zero-order valence-corrected chi connectivity index (χ0v) is 33.2. The predicted molar refractivity (Wildman–Crippen MR) is 211 cm³/mol. The summed E-state index contributed by atoms with van der Waals surface area (Å²) in [5.41, 5.74) is 0. The molecule has 1 rings (SSSR count). The second kappa shape index (κ2) is 33.5. The van der Waals surface area contributed by atoms with E-state index >= 15 is 0 Å². The Kier molecular flexibility index (Phi) is 30.5. The highest BCUT2D eigenvalue weighted by molar-refractivity contribution is 5.73.